The SMILES string of the molecule is Cc1cc(C)c(C#N)c(N(C)CCOc2ccc(Br)cc2)n1. The van der Waals surface area contributed by atoms with Crippen LogP contribution < -0.4 is 9.64 Å². The highest BCUT2D eigenvalue weighted by atomic mass is 79.9. The van der Waals surface area contributed by atoms with Gasteiger partial charge in [0.15, 0.2) is 0 Å². The van der Waals surface area contributed by atoms with Crippen molar-refractivity contribution in [1.29, 1.82) is 5.26 Å². The summed E-state index contributed by atoms with van der Waals surface area (Å²) in [5, 5.41) is 9.32. The van der Waals surface area contributed by atoms with E-state index in [9.17, 15) is 5.26 Å². The number of rotatable bonds is 5. The highest BCUT2D eigenvalue weighted by molar-refractivity contribution is 9.10. The molecule has 114 valence electrons. The van der Waals surface area contributed by atoms with Crippen LogP contribution in [0.2, 0.25) is 0 Å². The fraction of sp³-hybridized carbons (Fsp3) is 0.294. The Balaban J connectivity index is 2.02. The van der Waals surface area contributed by atoms with Gasteiger partial charge in [0, 0.05) is 17.2 Å². The van der Waals surface area contributed by atoms with E-state index in [1.807, 2.05) is 56.1 Å². The molecule has 0 bridgehead atoms. The predicted molar refractivity (Wildman–Crippen MR) is 91.3 cm³/mol. The summed E-state index contributed by atoms with van der Waals surface area (Å²) in [6, 6.07) is 11.9. The van der Waals surface area contributed by atoms with Crippen molar-refractivity contribution in [1.82, 2.24) is 4.98 Å². The molecule has 0 amide bonds. The molecule has 1 aromatic heterocycles. The van der Waals surface area contributed by atoms with E-state index in [-0.39, 0.29) is 0 Å². The first kappa shape index (κ1) is 16.3. The zero-order valence-electron chi connectivity index (χ0n) is 12.9. The fourth-order valence-electron chi connectivity index (χ4n) is 2.17. The molecule has 0 aliphatic rings. The lowest BCUT2D eigenvalue weighted by molar-refractivity contribution is 0.325. The second-order valence-corrected chi connectivity index (χ2v) is 6.03. The van der Waals surface area contributed by atoms with Gasteiger partial charge in [-0.2, -0.15) is 5.26 Å². The summed E-state index contributed by atoms with van der Waals surface area (Å²) in [5.74, 6) is 1.53. The van der Waals surface area contributed by atoms with E-state index >= 15 is 0 Å². The maximum absolute atomic E-state index is 9.32. The molecule has 2 aromatic rings. The van der Waals surface area contributed by atoms with Gasteiger partial charge in [-0.1, -0.05) is 15.9 Å². The Morgan fingerprint density at radius 2 is 1.95 bits per heavy atom. The van der Waals surface area contributed by atoms with Crippen molar-refractivity contribution in [3.8, 4) is 11.8 Å². The van der Waals surface area contributed by atoms with Crippen LogP contribution in [0.25, 0.3) is 0 Å². The van der Waals surface area contributed by atoms with Gasteiger partial charge >= 0.3 is 0 Å². The lowest BCUT2D eigenvalue weighted by Gasteiger charge is -2.21. The topological polar surface area (TPSA) is 49.2 Å². The van der Waals surface area contributed by atoms with Gasteiger partial charge in [0.25, 0.3) is 0 Å². The number of halogens is 1. The molecule has 4 nitrogen and oxygen atoms in total. The number of aromatic nitrogens is 1. The lowest BCUT2D eigenvalue weighted by Crippen LogP contribution is -2.26. The first-order chi connectivity index (χ1) is 10.5. The highest BCUT2D eigenvalue weighted by Crippen LogP contribution is 2.21. The average Bonchev–Trinajstić information content (AvgIpc) is 2.48. The number of benzene rings is 1. The van der Waals surface area contributed by atoms with Crippen LogP contribution in [0.4, 0.5) is 5.82 Å². The predicted octanol–water partition coefficient (Wildman–Crippen LogP) is 3.85. The maximum Gasteiger partial charge on any atom is 0.146 e. The Morgan fingerprint density at radius 1 is 1.27 bits per heavy atom. The van der Waals surface area contributed by atoms with Crippen LogP contribution in [0.3, 0.4) is 0 Å². The van der Waals surface area contributed by atoms with E-state index < -0.39 is 0 Å². The monoisotopic (exact) mass is 359 g/mol. The molecule has 0 spiro atoms. The Hall–Kier alpha value is -2.06. The maximum atomic E-state index is 9.32. The summed E-state index contributed by atoms with van der Waals surface area (Å²) in [6.45, 7) is 5.05. The molecule has 0 unspecified atom stereocenters. The van der Waals surface area contributed by atoms with Crippen molar-refractivity contribution in [3.05, 3.63) is 51.6 Å². The van der Waals surface area contributed by atoms with Crippen molar-refractivity contribution in [3.63, 3.8) is 0 Å². The largest absolute Gasteiger partial charge is 0.492 e. The quantitative estimate of drug-likeness (QED) is 0.813. The van der Waals surface area contributed by atoms with E-state index in [1.54, 1.807) is 0 Å². The summed E-state index contributed by atoms with van der Waals surface area (Å²) >= 11 is 3.39. The number of ether oxygens (including phenoxy) is 1. The van der Waals surface area contributed by atoms with Crippen LogP contribution in [-0.4, -0.2) is 25.2 Å². The normalized spacial score (nSPS) is 10.1. The van der Waals surface area contributed by atoms with Crippen molar-refractivity contribution in [2.24, 2.45) is 0 Å². The minimum atomic E-state index is 0.525. The zero-order chi connectivity index (χ0) is 16.1. The second kappa shape index (κ2) is 7.28. The number of nitrogens with zero attached hydrogens (tertiary/aromatic N) is 3. The first-order valence-electron chi connectivity index (χ1n) is 6.99. The van der Waals surface area contributed by atoms with Gasteiger partial charge in [-0.05, 0) is 49.7 Å². The number of anilines is 1. The highest BCUT2D eigenvalue weighted by Gasteiger charge is 2.12. The smallest absolute Gasteiger partial charge is 0.146 e. The van der Waals surface area contributed by atoms with E-state index in [0.29, 0.717) is 24.5 Å². The minimum Gasteiger partial charge on any atom is -0.492 e. The Morgan fingerprint density at radius 3 is 2.59 bits per heavy atom. The molecule has 5 heteroatoms. The Kier molecular flexibility index (Phi) is 5.40. The van der Waals surface area contributed by atoms with Gasteiger partial charge in [0.2, 0.25) is 0 Å². The van der Waals surface area contributed by atoms with Crippen molar-refractivity contribution < 1.29 is 4.74 Å². The van der Waals surface area contributed by atoms with Crippen molar-refractivity contribution in [2.75, 3.05) is 25.1 Å². The van der Waals surface area contributed by atoms with E-state index in [4.69, 9.17) is 4.74 Å². The van der Waals surface area contributed by atoms with Gasteiger partial charge < -0.3 is 9.64 Å². The Labute approximate surface area is 139 Å². The molecular weight excluding hydrogens is 342 g/mol. The third-order valence-electron chi connectivity index (χ3n) is 3.31. The van der Waals surface area contributed by atoms with Gasteiger partial charge in [-0.15, -0.1) is 0 Å². The van der Waals surface area contributed by atoms with Crippen molar-refractivity contribution >= 4 is 21.7 Å². The molecule has 0 aliphatic heterocycles. The average molecular weight is 360 g/mol. The third-order valence-corrected chi connectivity index (χ3v) is 3.84. The summed E-state index contributed by atoms with van der Waals surface area (Å²) in [7, 11) is 1.92. The molecule has 0 saturated carbocycles. The Bertz CT molecular complexity index is 692. The second-order valence-electron chi connectivity index (χ2n) is 5.11. The third kappa shape index (κ3) is 3.99. The van der Waals surface area contributed by atoms with Gasteiger partial charge in [-0.25, -0.2) is 4.98 Å². The van der Waals surface area contributed by atoms with Crippen LogP contribution in [0.5, 0.6) is 5.75 Å². The number of hydrogen-bond donors (Lipinski definition) is 0. The van der Waals surface area contributed by atoms with Gasteiger partial charge in [0.1, 0.15) is 24.2 Å². The summed E-state index contributed by atoms with van der Waals surface area (Å²) in [6.07, 6.45) is 0. The molecule has 1 heterocycles. The first-order valence-corrected chi connectivity index (χ1v) is 7.78. The molecule has 1 aromatic carbocycles. The molecule has 0 aliphatic carbocycles. The molecule has 22 heavy (non-hydrogen) atoms. The van der Waals surface area contributed by atoms with E-state index in [0.717, 1.165) is 21.5 Å². The molecule has 0 saturated heterocycles. The van der Waals surface area contributed by atoms with Gasteiger partial charge in [-0.3, -0.25) is 0 Å². The number of hydrogen-bond acceptors (Lipinski definition) is 4. The van der Waals surface area contributed by atoms with E-state index in [1.165, 1.54) is 0 Å². The summed E-state index contributed by atoms with van der Waals surface area (Å²) in [5.41, 5.74) is 2.48. The molecule has 0 atom stereocenters. The van der Waals surface area contributed by atoms with Crippen molar-refractivity contribution in [2.45, 2.75) is 13.8 Å². The van der Waals surface area contributed by atoms with Gasteiger partial charge in [0.05, 0.1) is 12.1 Å². The number of likely N-dealkylation sites (N-methyl/N-ethyl adjacent to an activating group) is 1. The summed E-state index contributed by atoms with van der Waals surface area (Å²) in [4.78, 5) is 6.44. The number of pyridine rings is 1. The van der Waals surface area contributed by atoms with Crippen LogP contribution >= 0.6 is 15.9 Å². The molecular formula is C17H18BrN3O. The van der Waals surface area contributed by atoms with Crippen LogP contribution in [0.1, 0.15) is 16.8 Å². The van der Waals surface area contributed by atoms with Crippen LogP contribution in [0.15, 0.2) is 34.8 Å². The lowest BCUT2D eigenvalue weighted by atomic mass is 10.1. The van der Waals surface area contributed by atoms with E-state index in [2.05, 4.69) is 27.0 Å². The van der Waals surface area contributed by atoms with Crippen LogP contribution in [-0.2, 0) is 0 Å². The molecule has 0 fully saturated rings. The zero-order valence-corrected chi connectivity index (χ0v) is 14.5. The fourth-order valence-corrected chi connectivity index (χ4v) is 2.43. The summed E-state index contributed by atoms with van der Waals surface area (Å²) < 4.78 is 6.74. The molecule has 0 N–H and O–H groups in total. The minimum absolute atomic E-state index is 0.525. The standard InChI is InChI=1S/C17H18BrN3O/c1-12-10-13(2)20-17(16(12)11-19)21(3)8-9-22-15-6-4-14(18)5-7-15/h4-7,10H,8-9H2,1-3H3. The number of nitriles is 1. The molecule has 2 rings (SSSR count). The molecule has 0 radical (unpaired) electrons. The number of aryl methyl sites for hydroxylation is 2. The van der Waals surface area contributed by atoms with Crippen LogP contribution in [0, 0.1) is 25.2 Å².